The van der Waals surface area contributed by atoms with Crippen LogP contribution in [0.15, 0.2) is 0 Å². The van der Waals surface area contributed by atoms with Gasteiger partial charge in [-0.15, -0.1) is 0 Å². The second kappa shape index (κ2) is 7.92. The van der Waals surface area contributed by atoms with E-state index in [-0.39, 0.29) is 5.69 Å². The topological polar surface area (TPSA) is 70.1 Å². The number of aryl methyl sites for hydroxylation is 1. The van der Waals surface area contributed by atoms with Gasteiger partial charge in [0, 0.05) is 6.04 Å². The molecule has 0 aromatic carbocycles. The van der Waals surface area contributed by atoms with Gasteiger partial charge in [0.2, 0.25) is 0 Å². The molecular formula is C15H27N3O2. The number of imidazole rings is 1. The average molecular weight is 281 g/mol. The van der Waals surface area contributed by atoms with Crippen molar-refractivity contribution in [2.45, 2.75) is 65.8 Å². The number of hydrogen-bond acceptors (Lipinski definition) is 4. The fourth-order valence-corrected chi connectivity index (χ4v) is 2.55. The van der Waals surface area contributed by atoms with Crippen molar-refractivity contribution < 1.29 is 9.53 Å². The van der Waals surface area contributed by atoms with Crippen molar-refractivity contribution in [2.75, 3.05) is 12.3 Å². The molecule has 0 fully saturated rings. The van der Waals surface area contributed by atoms with E-state index in [9.17, 15) is 4.79 Å². The summed E-state index contributed by atoms with van der Waals surface area (Å²) in [5.41, 5.74) is 6.39. The number of aromatic nitrogens is 2. The standard InChI is InChI=1S/C15H27N3O2/c1-5-8-10-12(9-6-2)18-11(4)17-13(14(18)16)15(19)20-7-3/h12H,5-10,16H2,1-4H3. The van der Waals surface area contributed by atoms with Gasteiger partial charge in [-0.05, 0) is 26.7 Å². The molecule has 0 radical (unpaired) electrons. The second-order valence-electron chi connectivity index (χ2n) is 5.07. The van der Waals surface area contributed by atoms with Gasteiger partial charge in [0.15, 0.2) is 5.69 Å². The lowest BCUT2D eigenvalue weighted by Crippen LogP contribution is -2.15. The minimum atomic E-state index is -0.433. The Kier molecular flexibility index (Phi) is 6.55. The zero-order valence-electron chi connectivity index (χ0n) is 13.1. The number of nitrogens with two attached hydrogens (primary N) is 1. The molecule has 0 spiro atoms. The maximum absolute atomic E-state index is 11.8. The van der Waals surface area contributed by atoms with Gasteiger partial charge in [0.05, 0.1) is 6.61 Å². The molecular weight excluding hydrogens is 254 g/mol. The lowest BCUT2D eigenvalue weighted by Gasteiger charge is -2.20. The molecule has 1 unspecified atom stereocenters. The molecule has 0 saturated heterocycles. The van der Waals surface area contributed by atoms with E-state index in [0.29, 0.717) is 18.5 Å². The molecule has 1 aromatic heterocycles. The fourth-order valence-electron chi connectivity index (χ4n) is 2.55. The van der Waals surface area contributed by atoms with Crippen LogP contribution in [0.4, 0.5) is 5.82 Å². The molecule has 1 aromatic rings. The molecule has 2 N–H and O–H groups in total. The number of ether oxygens (including phenoxy) is 1. The zero-order chi connectivity index (χ0) is 15.1. The summed E-state index contributed by atoms with van der Waals surface area (Å²) < 4.78 is 7.01. The predicted octanol–water partition coefficient (Wildman–Crippen LogP) is 3.48. The Morgan fingerprint density at radius 3 is 2.55 bits per heavy atom. The molecule has 5 heteroatoms. The SMILES string of the molecule is CCCCC(CCC)n1c(C)nc(C(=O)OCC)c1N. The highest BCUT2D eigenvalue weighted by molar-refractivity contribution is 5.92. The number of unbranched alkanes of at least 4 members (excludes halogenated alkanes) is 1. The normalized spacial score (nSPS) is 12.4. The summed E-state index contributed by atoms with van der Waals surface area (Å²) in [4.78, 5) is 16.2. The van der Waals surface area contributed by atoms with Crippen molar-refractivity contribution in [3.8, 4) is 0 Å². The van der Waals surface area contributed by atoms with E-state index in [2.05, 4.69) is 18.8 Å². The quantitative estimate of drug-likeness (QED) is 0.740. The number of anilines is 1. The van der Waals surface area contributed by atoms with Crippen LogP contribution >= 0.6 is 0 Å². The zero-order valence-corrected chi connectivity index (χ0v) is 13.1. The first-order valence-electron chi connectivity index (χ1n) is 7.58. The molecule has 5 nitrogen and oxygen atoms in total. The molecule has 0 amide bonds. The van der Waals surface area contributed by atoms with Crippen LogP contribution in [0, 0.1) is 6.92 Å². The first-order chi connectivity index (χ1) is 9.56. The van der Waals surface area contributed by atoms with Crippen LogP contribution < -0.4 is 5.73 Å². The first kappa shape index (κ1) is 16.5. The molecule has 1 rings (SSSR count). The van der Waals surface area contributed by atoms with Crippen LogP contribution in [-0.4, -0.2) is 22.1 Å². The summed E-state index contributed by atoms with van der Waals surface area (Å²) in [5, 5.41) is 0. The largest absolute Gasteiger partial charge is 0.461 e. The van der Waals surface area contributed by atoms with Crippen molar-refractivity contribution in [1.29, 1.82) is 0 Å². The van der Waals surface area contributed by atoms with Gasteiger partial charge >= 0.3 is 5.97 Å². The monoisotopic (exact) mass is 281 g/mol. The minimum Gasteiger partial charge on any atom is -0.461 e. The highest BCUT2D eigenvalue weighted by Crippen LogP contribution is 2.28. The van der Waals surface area contributed by atoms with Crippen molar-refractivity contribution in [3.63, 3.8) is 0 Å². The van der Waals surface area contributed by atoms with Crippen LogP contribution in [-0.2, 0) is 4.74 Å². The van der Waals surface area contributed by atoms with Gasteiger partial charge in [-0.3, -0.25) is 0 Å². The lowest BCUT2D eigenvalue weighted by molar-refractivity contribution is 0.0521. The van der Waals surface area contributed by atoms with Crippen molar-refractivity contribution in [3.05, 3.63) is 11.5 Å². The molecule has 0 aliphatic rings. The molecule has 20 heavy (non-hydrogen) atoms. The molecule has 114 valence electrons. The highest BCUT2D eigenvalue weighted by Gasteiger charge is 2.23. The van der Waals surface area contributed by atoms with Gasteiger partial charge < -0.3 is 15.0 Å². The van der Waals surface area contributed by atoms with Crippen LogP contribution in [0.3, 0.4) is 0 Å². The Labute approximate surface area is 121 Å². The smallest absolute Gasteiger partial charge is 0.360 e. The summed E-state index contributed by atoms with van der Waals surface area (Å²) in [5.74, 6) is 0.799. The van der Waals surface area contributed by atoms with E-state index in [0.717, 1.165) is 37.9 Å². The molecule has 1 heterocycles. The fraction of sp³-hybridized carbons (Fsp3) is 0.733. The Morgan fingerprint density at radius 2 is 2.00 bits per heavy atom. The Balaban J connectivity index is 3.05. The Bertz CT molecular complexity index is 441. The minimum absolute atomic E-state index is 0.252. The van der Waals surface area contributed by atoms with Gasteiger partial charge in [0.25, 0.3) is 0 Å². The molecule has 0 aliphatic carbocycles. The molecule has 0 saturated carbocycles. The lowest BCUT2D eigenvalue weighted by atomic mass is 10.0. The van der Waals surface area contributed by atoms with Crippen molar-refractivity contribution in [1.82, 2.24) is 9.55 Å². The summed E-state index contributed by atoms with van der Waals surface area (Å²) in [7, 11) is 0. The van der Waals surface area contributed by atoms with Crippen molar-refractivity contribution in [2.24, 2.45) is 0 Å². The number of hydrogen-bond donors (Lipinski definition) is 1. The van der Waals surface area contributed by atoms with Gasteiger partial charge in [-0.1, -0.05) is 33.1 Å². The predicted molar refractivity (Wildman–Crippen MR) is 80.8 cm³/mol. The summed E-state index contributed by atoms with van der Waals surface area (Å²) in [6.45, 7) is 8.34. The summed E-state index contributed by atoms with van der Waals surface area (Å²) in [6.07, 6.45) is 5.49. The van der Waals surface area contributed by atoms with Gasteiger partial charge in [-0.2, -0.15) is 0 Å². The summed E-state index contributed by atoms with van der Waals surface area (Å²) in [6, 6.07) is 0.315. The number of carbonyl (C=O) groups excluding carboxylic acids is 1. The summed E-state index contributed by atoms with van der Waals surface area (Å²) >= 11 is 0. The van der Waals surface area contributed by atoms with E-state index in [1.54, 1.807) is 6.92 Å². The third-order valence-corrected chi connectivity index (χ3v) is 3.47. The van der Waals surface area contributed by atoms with E-state index >= 15 is 0 Å². The number of carbonyl (C=O) groups is 1. The molecule has 1 atom stereocenters. The first-order valence-corrected chi connectivity index (χ1v) is 7.58. The number of esters is 1. The third kappa shape index (κ3) is 3.74. The number of nitrogens with zero attached hydrogens (tertiary/aromatic N) is 2. The van der Waals surface area contributed by atoms with Gasteiger partial charge in [0.1, 0.15) is 11.6 Å². The maximum atomic E-state index is 11.8. The molecule has 0 aliphatic heterocycles. The van der Waals surface area contributed by atoms with Crippen LogP contribution in [0.1, 0.15) is 75.2 Å². The van der Waals surface area contributed by atoms with E-state index in [4.69, 9.17) is 10.5 Å². The highest BCUT2D eigenvalue weighted by atomic mass is 16.5. The van der Waals surface area contributed by atoms with E-state index in [1.807, 2.05) is 11.5 Å². The van der Waals surface area contributed by atoms with Crippen LogP contribution in [0.5, 0.6) is 0 Å². The third-order valence-electron chi connectivity index (χ3n) is 3.47. The van der Waals surface area contributed by atoms with Crippen molar-refractivity contribution >= 4 is 11.8 Å². The van der Waals surface area contributed by atoms with E-state index in [1.165, 1.54) is 0 Å². The number of nitrogen functional groups attached to an aromatic ring is 1. The Morgan fingerprint density at radius 1 is 1.30 bits per heavy atom. The second-order valence-corrected chi connectivity index (χ2v) is 5.07. The van der Waals surface area contributed by atoms with Gasteiger partial charge in [-0.25, -0.2) is 9.78 Å². The number of rotatable bonds is 8. The molecule has 0 bridgehead atoms. The van der Waals surface area contributed by atoms with E-state index < -0.39 is 5.97 Å². The average Bonchev–Trinajstić information content (AvgIpc) is 2.71. The van der Waals surface area contributed by atoms with Crippen LogP contribution in [0.25, 0.3) is 0 Å². The van der Waals surface area contributed by atoms with Crippen LogP contribution in [0.2, 0.25) is 0 Å². The Hall–Kier alpha value is -1.52. The maximum Gasteiger partial charge on any atom is 0.360 e.